The van der Waals surface area contributed by atoms with Crippen LogP contribution in [0.1, 0.15) is 47.5 Å². The fourth-order valence-electron chi connectivity index (χ4n) is 1.50. The van der Waals surface area contributed by atoms with E-state index in [0.29, 0.717) is 17.9 Å². The van der Waals surface area contributed by atoms with Gasteiger partial charge in [-0.3, -0.25) is 0 Å². The molecule has 0 aromatic heterocycles. The molecule has 0 heterocycles. The van der Waals surface area contributed by atoms with Gasteiger partial charge < -0.3 is 10.4 Å². The molecular weight excluding hydrogens is 174 g/mol. The Morgan fingerprint density at radius 1 is 1.14 bits per heavy atom. The summed E-state index contributed by atoms with van der Waals surface area (Å²) in [6.45, 7) is 11.6. The summed E-state index contributed by atoms with van der Waals surface area (Å²) >= 11 is 0. The molecule has 0 saturated carbocycles. The van der Waals surface area contributed by atoms with E-state index < -0.39 is 0 Å². The van der Waals surface area contributed by atoms with Crippen LogP contribution in [-0.2, 0) is 0 Å². The number of aliphatic hydroxyl groups is 1. The van der Waals surface area contributed by atoms with Crippen LogP contribution in [0.5, 0.6) is 0 Å². The SMILES string of the molecule is CCC(C)C(C)NCC(O)CC(C)C. The monoisotopic (exact) mass is 201 g/mol. The van der Waals surface area contributed by atoms with Crippen LogP contribution in [-0.4, -0.2) is 23.8 Å². The summed E-state index contributed by atoms with van der Waals surface area (Å²) in [6, 6.07) is 0.502. The van der Waals surface area contributed by atoms with Gasteiger partial charge in [-0.15, -0.1) is 0 Å². The third kappa shape index (κ3) is 6.39. The average Bonchev–Trinajstić information content (AvgIpc) is 2.11. The van der Waals surface area contributed by atoms with Gasteiger partial charge in [0.05, 0.1) is 6.10 Å². The quantitative estimate of drug-likeness (QED) is 0.663. The van der Waals surface area contributed by atoms with Gasteiger partial charge in [-0.1, -0.05) is 34.1 Å². The van der Waals surface area contributed by atoms with Crippen LogP contribution in [0, 0.1) is 11.8 Å². The minimum Gasteiger partial charge on any atom is -0.392 e. The van der Waals surface area contributed by atoms with Crippen molar-refractivity contribution in [3.63, 3.8) is 0 Å². The van der Waals surface area contributed by atoms with Crippen molar-refractivity contribution in [2.24, 2.45) is 11.8 Å². The van der Waals surface area contributed by atoms with Gasteiger partial charge in [-0.05, 0) is 25.2 Å². The van der Waals surface area contributed by atoms with Crippen LogP contribution in [0.25, 0.3) is 0 Å². The van der Waals surface area contributed by atoms with Crippen molar-refractivity contribution in [2.75, 3.05) is 6.54 Å². The van der Waals surface area contributed by atoms with E-state index in [1.807, 2.05) is 0 Å². The number of nitrogens with one attached hydrogen (secondary N) is 1. The summed E-state index contributed by atoms with van der Waals surface area (Å²) in [4.78, 5) is 0. The molecule has 0 aromatic rings. The summed E-state index contributed by atoms with van der Waals surface area (Å²) in [5, 5.41) is 13.0. The van der Waals surface area contributed by atoms with Gasteiger partial charge in [0.25, 0.3) is 0 Å². The fourth-order valence-corrected chi connectivity index (χ4v) is 1.50. The second-order valence-corrected chi connectivity index (χ2v) is 4.87. The van der Waals surface area contributed by atoms with E-state index in [0.717, 1.165) is 13.0 Å². The lowest BCUT2D eigenvalue weighted by Gasteiger charge is -2.22. The minimum atomic E-state index is -0.193. The molecule has 0 amide bonds. The summed E-state index contributed by atoms with van der Waals surface area (Å²) < 4.78 is 0. The van der Waals surface area contributed by atoms with E-state index in [4.69, 9.17) is 0 Å². The summed E-state index contributed by atoms with van der Waals surface area (Å²) in [5.41, 5.74) is 0. The molecule has 2 N–H and O–H groups in total. The molecule has 86 valence electrons. The van der Waals surface area contributed by atoms with Gasteiger partial charge in [-0.2, -0.15) is 0 Å². The number of hydrogen-bond acceptors (Lipinski definition) is 2. The Kier molecular flexibility index (Phi) is 7.20. The smallest absolute Gasteiger partial charge is 0.0667 e. The standard InChI is InChI=1S/C12H27NO/c1-6-10(4)11(5)13-8-12(14)7-9(2)3/h9-14H,6-8H2,1-5H3. The Morgan fingerprint density at radius 3 is 2.14 bits per heavy atom. The molecular formula is C12H27NO. The maximum absolute atomic E-state index is 9.66. The Hall–Kier alpha value is -0.0800. The van der Waals surface area contributed by atoms with Crippen molar-refractivity contribution in [1.82, 2.24) is 5.32 Å². The zero-order chi connectivity index (χ0) is 11.1. The van der Waals surface area contributed by atoms with Gasteiger partial charge >= 0.3 is 0 Å². The highest BCUT2D eigenvalue weighted by Gasteiger charge is 2.12. The van der Waals surface area contributed by atoms with Crippen LogP contribution >= 0.6 is 0 Å². The van der Waals surface area contributed by atoms with Crippen molar-refractivity contribution in [3.8, 4) is 0 Å². The van der Waals surface area contributed by atoms with Gasteiger partial charge in [0, 0.05) is 12.6 Å². The molecule has 0 aliphatic rings. The number of hydrogen-bond donors (Lipinski definition) is 2. The zero-order valence-corrected chi connectivity index (χ0v) is 10.4. The molecule has 0 spiro atoms. The first-order valence-electron chi connectivity index (χ1n) is 5.88. The lowest BCUT2D eigenvalue weighted by Crippen LogP contribution is -2.37. The van der Waals surface area contributed by atoms with Crippen LogP contribution < -0.4 is 5.32 Å². The van der Waals surface area contributed by atoms with Crippen molar-refractivity contribution >= 4 is 0 Å². The Bertz CT molecular complexity index is 136. The highest BCUT2D eigenvalue weighted by Crippen LogP contribution is 2.08. The second kappa shape index (κ2) is 7.24. The third-order valence-corrected chi connectivity index (χ3v) is 2.92. The van der Waals surface area contributed by atoms with Crippen molar-refractivity contribution in [1.29, 1.82) is 0 Å². The highest BCUT2D eigenvalue weighted by molar-refractivity contribution is 4.70. The van der Waals surface area contributed by atoms with E-state index in [9.17, 15) is 5.11 Å². The second-order valence-electron chi connectivity index (χ2n) is 4.87. The molecule has 0 rings (SSSR count). The number of rotatable bonds is 7. The van der Waals surface area contributed by atoms with Crippen LogP contribution in [0.4, 0.5) is 0 Å². The first-order chi connectivity index (χ1) is 6.47. The van der Waals surface area contributed by atoms with Gasteiger partial charge in [0.2, 0.25) is 0 Å². The van der Waals surface area contributed by atoms with E-state index in [2.05, 4.69) is 39.9 Å². The van der Waals surface area contributed by atoms with Crippen molar-refractivity contribution in [3.05, 3.63) is 0 Å². The van der Waals surface area contributed by atoms with Gasteiger partial charge in [-0.25, -0.2) is 0 Å². The predicted molar refractivity (Wildman–Crippen MR) is 62.4 cm³/mol. The van der Waals surface area contributed by atoms with Crippen LogP contribution in [0.3, 0.4) is 0 Å². The Morgan fingerprint density at radius 2 is 1.71 bits per heavy atom. The number of aliphatic hydroxyl groups excluding tert-OH is 1. The highest BCUT2D eigenvalue weighted by atomic mass is 16.3. The molecule has 0 aliphatic heterocycles. The largest absolute Gasteiger partial charge is 0.392 e. The maximum Gasteiger partial charge on any atom is 0.0667 e. The topological polar surface area (TPSA) is 32.3 Å². The van der Waals surface area contributed by atoms with Crippen molar-refractivity contribution < 1.29 is 5.11 Å². The predicted octanol–water partition coefficient (Wildman–Crippen LogP) is 2.42. The molecule has 2 nitrogen and oxygen atoms in total. The molecule has 0 aliphatic carbocycles. The lowest BCUT2D eigenvalue weighted by atomic mass is 10.00. The summed E-state index contributed by atoms with van der Waals surface area (Å²) in [6.07, 6.45) is 1.88. The van der Waals surface area contributed by atoms with Crippen LogP contribution in [0.15, 0.2) is 0 Å². The fraction of sp³-hybridized carbons (Fsp3) is 1.00. The van der Waals surface area contributed by atoms with E-state index in [1.54, 1.807) is 0 Å². The molecule has 3 unspecified atom stereocenters. The molecule has 3 atom stereocenters. The molecule has 0 radical (unpaired) electrons. The first-order valence-corrected chi connectivity index (χ1v) is 5.88. The molecule has 0 fully saturated rings. The van der Waals surface area contributed by atoms with Gasteiger partial charge in [0.15, 0.2) is 0 Å². The van der Waals surface area contributed by atoms with E-state index in [-0.39, 0.29) is 6.10 Å². The van der Waals surface area contributed by atoms with Crippen LogP contribution in [0.2, 0.25) is 0 Å². The normalized spacial score (nSPS) is 18.2. The third-order valence-electron chi connectivity index (χ3n) is 2.92. The van der Waals surface area contributed by atoms with Crippen molar-refractivity contribution in [2.45, 2.75) is 59.6 Å². The summed E-state index contributed by atoms with van der Waals surface area (Å²) in [7, 11) is 0. The van der Waals surface area contributed by atoms with E-state index in [1.165, 1.54) is 6.42 Å². The summed E-state index contributed by atoms with van der Waals surface area (Å²) in [5.74, 6) is 1.26. The maximum atomic E-state index is 9.66. The van der Waals surface area contributed by atoms with E-state index >= 15 is 0 Å². The lowest BCUT2D eigenvalue weighted by molar-refractivity contribution is 0.139. The molecule has 2 heteroatoms. The first kappa shape index (κ1) is 13.9. The van der Waals surface area contributed by atoms with Gasteiger partial charge in [0.1, 0.15) is 0 Å². The Balaban J connectivity index is 3.60. The molecule has 0 aromatic carbocycles. The molecule has 0 bridgehead atoms. The Labute approximate surface area is 89.1 Å². The minimum absolute atomic E-state index is 0.193. The molecule has 14 heavy (non-hydrogen) atoms. The average molecular weight is 201 g/mol. The zero-order valence-electron chi connectivity index (χ0n) is 10.4. The molecule has 0 saturated heterocycles.